The Morgan fingerprint density at radius 1 is 1.19 bits per heavy atom. The molecule has 1 aliphatic rings. The molecular weight excluding hydrogens is 353 g/mol. The third kappa shape index (κ3) is 4.69. The van der Waals surface area contributed by atoms with Crippen LogP contribution in [0.5, 0.6) is 0 Å². The summed E-state index contributed by atoms with van der Waals surface area (Å²) in [5, 5.41) is 2.67. The summed E-state index contributed by atoms with van der Waals surface area (Å²) in [6.07, 6.45) is 4.01. The average molecular weight is 375 g/mol. The van der Waals surface area contributed by atoms with Gasteiger partial charge in [-0.15, -0.1) is 0 Å². The second-order valence-electron chi connectivity index (χ2n) is 6.85. The summed E-state index contributed by atoms with van der Waals surface area (Å²) in [5.74, 6) is 0.0287. The van der Waals surface area contributed by atoms with Gasteiger partial charge in [0, 0.05) is 11.3 Å². The van der Waals surface area contributed by atoms with Gasteiger partial charge in [0.25, 0.3) is 5.91 Å². The van der Waals surface area contributed by atoms with Crippen LogP contribution in [0.15, 0.2) is 47.4 Å². The Kier molecular flexibility index (Phi) is 5.41. The van der Waals surface area contributed by atoms with Crippen LogP contribution in [0.4, 0.5) is 10.1 Å². The van der Waals surface area contributed by atoms with Crippen molar-refractivity contribution < 1.29 is 17.6 Å². The maximum atomic E-state index is 13.3. The SMILES string of the molecule is Cc1cc(NC(=O)c2cccc(S(=O)(=O)CCCC3CC3)c2)ccc1F. The van der Waals surface area contributed by atoms with Crippen molar-refractivity contribution in [2.75, 3.05) is 11.1 Å². The molecule has 0 atom stereocenters. The molecule has 6 heteroatoms. The van der Waals surface area contributed by atoms with Crippen molar-refractivity contribution >= 4 is 21.4 Å². The largest absolute Gasteiger partial charge is 0.322 e. The second kappa shape index (κ2) is 7.58. The zero-order chi connectivity index (χ0) is 18.7. The van der Waals surface area contributed by atoms with Gasteiger partial charge in [-0.1, -0.05) is 18.9 Å². The first-order chi connectivity index (χ1) is 12.3. The molecule has 0 radical (unpaired) electrons. The van der Waals surface area contributed by atoms with Crippen molar-refractivity contribution in [1.29, 1.82) is 0 Å². The molecule has 4 nitrogen and oxygen atoms in total. The molecule has 1 aliphatic carbocycles. The molecule has 26 heavy (non-hydrogen) atoms. The summed E-state index contributed by atoms with van der Waals surface area (Å²) < 4.78 is 38.3. The van der Waals surface area contributed by atoms with Gasteiger partial charge in [0.2, 0.25) is 0 Å². The fourth-order valence-corrected chi connectivity index (χ4v) is 4.22. The van der Waals surface area contributed by atoms with Crippen molar-refractivity contribution in [3.05, 3.63) is 59.4 Å². The van der Waals surface area contributed by atoms with Crippen molar-refractivity contribution in [3.63, 3.8) is 0 Å². The van der Waals surface area contributed by atoms with Crippen LogP contribution in [0, 0.1) is 18.7 Å². The molecule has 1 saturated carbocycles. The lowest BCUT2D eigenvalue weighted by molar-refractivity contribution is 0.102. The second-order valence-corrected chi connectivity index (χ2v) is 8.96. The standard InChI is InChI=1S/C20H22FNO3S/c1-14-12-17(9-10-19(14)21)22-20(23)16-5-2-6-18(13-16)26(24,25)11-3-4-15-7-8-15/h2,5-6,9-10,12-13,15H,3-4,7-8,11H2,1H3,(H,22,23). The van der Waals surface area contributed by atoms with Gasteiger partial charge in [0.05, 0.1) is 10.6 Å². The maximum absolute atomic E-state index is 13.3. The predicted molar refractivity (Wildman–Crippen MR) is 99.5 cm³/mol. The molecule has 1 amide bonds. The van der Waals surface area contributed by atoms with E-state index in [1.165, 1.54) is 43.2 Å². The van der Waals surface area contributed by atoms with Crippen LogP contribution in [0.25, 0.3) is 0 Å². The van der Waals surface area contributed by atoms with E-state index in [0.717, 1.165) is 6.42 Å². The highest BCUT2D eigenvalue weighted by Gasteiger charge is 2.23. The third-order valence-corrected chi connectivity index (χ3v) is 6.39. The van der Waals surface area contributed by atoms with Crippen LogP contribution in [-0.2, 0) is 9.84 Å². The summed E-state index contributed by atoms with van der Waals surface area (Å²) in [7, 11) is -3.40. The van der Waals surface area contributed by atoms with E-state index >= 15 is 0 Å². The van der Waals surface area contributed by atoms with E-state index < -0.39 is 15.7 Å². The summed E-state index contributed by atoms with van der Waals surface area (Å²) in [6.45, 7) is 1.61. The average Bonchev–Trinajstić information content (AvgIpc) is 3.42. The van der Waals surface area contributed by atoms with Crippen LogP contribution in [0.2, 0.25) is 0 Å². The van der Waals surface area contributed by atoms with Crippen molar-refractivity contribution in [3.8, 4) is 0 Å². The molecule has 0 aromatic heterocycles. The Morgan fingerprint density at radius 3 is 2.65 bits per heavy atom. The lowest BCUT2D eigenvalue weighted by atomic mass is 10.2. The van der Waals surface area contributed by atoms with Gasteiger partial charge in [-0.05, 0) is 67.6 Å². The predicted octanol–water partition coefficient (Wildman–Crippen LogP) is 4.35. The topological polar surface area (TPSA) is 63.2 Å². The first-order valence-electron chi connectivity index (χ1n) is 8.75. The number of benzene rings is 2. The van der Waals surface area contributed by atoms with Crippen LogP contribution in [-0.4, -0.2) is 20.1 Å². The molecule has 2 aromatic rings. The molecule has 3 rings (SSSR count). The third-order valence-electron chi connectivity index (χ3n) is 4.59. The van der Waals surface area contributed by atoms with Gasteiger partial charge in [-0.2, -0.15) is 0 Å². The molecule has 0 unspecified atom stereocenters. The van der Waals surface area contributed by atoms with Crippen molar-refractivity contribution in [2.24, 2.45) is 5.92 Å². The van der Waals surface area contributed by atoms with E-state index in [4.69, 9.17) is 0 Å². The number of nitrogens with one attached hydrogen (secondary N) is 1. The van der Waals surface area contributed by atoms with Crippen LogP contribution in [0.1, 0.15) is 41.6 Å². The normalized spacial score (nSPS) is 14.2. The molecular formula is C20H22FNO3S. The number of aryl methyl sites for hydroxylation is 1. The minimum Gasteiger partial charge on any atom is -0.322 e. The quantitative estimate of drug-likeness (QED) is 0.782. The van der Waals surface area contributed by atoms with E-state index in [2.05, 4.69) is 5.32 Å². The number of hydrogen-bond donors (Lipinski definition) is 1. The molecule has 1 N–H and O–H groups in total. The van der Waals surface area contributed by atoms with Crippen molar-refractivity contribution in [1.82, 2.24) is 0 Å². The Hall–Kier alpha value is -2.21. The molecule has 1 fully saturated rings. The highest BCUT2D eigenvalue weighted by molar-refractivity contribution is 7.91. The van der Waals surface area contributed by atoms with Crippen molar-refractivity contribution in [2.45, 2.75) is 37.5 Å². The van der Waals surface area contributed by atoms with Gasteiger partial charge in [0.1, 0.15) is 5.82 Å². The summed E-state index contributed by atoms with van der Waals surface area (Å²) >= 11 is 0. The van der Waals surface area contributed by atoms with Gasteiger partial charge >= 0.3 is 0 Å². The van der Waals surface area contributed by atoms with Crippen LogP contribution < -0.4 is 5.32 Å². The number of sulfone groups is 1. The first kappa shape index (κ1) is 18.6. The number of amides is 1. The van der Waals surface area contributed by atoms with E-state index in [1.54, 1.807) is 19.1 Å². The molecule has 0 saturated heterocycles. The summed E-state index contributed by atoms with van der Waals surface area (Å²) in [6, 6.07) is 10.3. The molecule has 0 heterocycles. The first-order valence-corrected chi connectivity index (χ1v) is 10.4. The lowest BCUT2D eigenvalue weighted by Crippen LogP contribution is -2.14. The summed E-state index contributed by atoms with van der Waals surface area (Å²) in [4.78, 5) is 12.6. The highest BCUT2D eigenvalue weighted by Crippen LogP contribution is 2.33. The fraction of sp³-hybridized carbons (Fsp3) is 0.350. The van der Waals surface area contributed by atoms with Gasteiger partial charge < -0.3 is 5.32 Å². The number of rotatable bonds is 7. The molecule has 0 spiro atoms. The maximum Gasteiger partial charge on any atom is 0.255 e. The number of carbonyl (C=O) groups is 1. The molecule has 2 aromatic carbocycles. The smallest absolute Gasteiger partial charge is 0.255 e. The van der Waals surface area contributed by atoms with Crippen LogP contribution in [0.3, 0.4) is 0 Å². The Bertz CT molecular complexity index is 920. The minimum absolute atomic E-state index is 0.103. The van der Waals surface area contributed by atoms with E-state index in [9.17, 15) is 17.6 Å². The Balaban J connectivity index is 1.70. The van der Waals surface area contributed by atoms with Crippen LogP contribution >= 0.6 is 0 Å². The lowest BCUT2D eigenvalue weighted by Gasteiger charge is -2.09. The number of carbonyl (C=O) groups excluding carboxylic acids is 1. The zero-order valence-electron chi connectivity index (χ0n) is 14.7. The van der Waals surface area contributed by atoms with E-state index in [0.29, 0.717) is 23.6 Å². The number of hydrogen-bond acceptors (Lipinski definition) is 3. The Labute approximate surface area is 153 Å². The number of halogens is 1. The molecule has 0 aliphatic heterocycles. The molecule has 0 bridgehead atoms. The molecule has 138 valence electrons. The van der Waals surface area contributed by atoms with Gasteiger partial charge in [0.15, 0.2) is 9.84 Å². The summed E-state index contributed by atoms with van der Waals surface area (Å²) in [5.41, 5.74) is 1.15. The minimum atomic E-state index is -3.40. The fourth-order valence-electron chi connectivity index (χ4n) is 2.84. The van der Waals surface area contributed by atoms with Gasteiger partial charge in [-0.3, -0.25) is 4.79 Å². The van der Waals surface area contributed by atoms with E-state index in [1.807, 2.05) is 0 Å². The zero-order valence-corrected chi connectivity index (χ0v) is 15.5. The highest BCUT2D eigenvalue weighted by atomic mass is 32.2. The monoisotopic (exact) mass is 375 g/mol. The number of anilines is 1. The van der Waals surface area contributed by atoms with Gasteiger partial charge in [-0.25, -0.2) is 12.8 Å². The van der Waals surface area contributed by atoms with E-state index in [-0.39, 0.29) is 22.0 Å². The Morgan fingerprint density at radius 2 is 1.96 bits per heavy atom.